The van der Waals surface area contributed by atoms with Crippen molar-refractivity contribution in [2.24, 2.45) is 0 Å². The van der Waals surface area contributed by atoms with Crippen LogP contribution >= 0.6 is 0 Å². The van der Waals surface area contributed by atoms with Gasteiger partial charge in [0.1, 0.15) is 0 Å². The van der Waals surface area contributed by atoms with E-state index in [0.29, 0.717) is 0 Å². The van der Waals surface area contributed by atoms with Gasteiger partial charge < -0.3 is 4.90 Å². The quantitative estimate of drug-likeness (QED) is 0.849. The molecule has 0 radical (unpaired) electrons. The molecule has 2 nitrogen and oxygen atoms in total. The standard InChI is InChI=1S/C20H26N2/c1-3-17-5-4-6-20(15-17)19-9-7-18(8-10-19)16-22-13-11-21(2)12-14-22/h4-10,15H,3,11-14,16H2,1-2H3. The van der Waals surface area contributed by atoms with Crippen LogP contribution in [0, 0.1) is 0 Å². The van der Waals surface area contributed by atoms with Gasteiger partial charge >= 0.3 is 0 Å². The molecule has 0 saturated carbocycles. The molecule has 0 atom stereocenters. The third kappa shape index (κ3) is 3.76. The Morgan fingerprint density at radius 1 is 0.818 bits per heavy atom. The molecule has 2 heteroatoms. The normalized spacial score (nSPS) is 16.8. The number of hydrogen-bond acceptors (Lipinski definition) is 2. The second-order valence-electron chi connectivity index (χ2n) is 6.33. The SMILES string of the molecule is CCc1cccc(-c2ccc(CN3CCN(C)CC3)cc2)c1. The second-order valence-corrected chi connectivity index (χ2v) is 6.33. The first-order valence-corrected chi connectivity index (χ1v) is 8.34. The van der Waals surface area contributed by atoms with Crippen molar-refractivity contribution in [2.75, 3.05) is 33.2 Å². The van der Waals surface area contributed by atoms with Gasteiger partial charge in [0.2, 0.25) is 0 Å². The number of piperazine rings is 1. The summed E-state index contributed by atoms with van der Waals surface area (Å²) >= 11 is 0. The molecule has 1 aliphatic rings. The number of likely N-dealkylation sites (N-methyl/N-ethyl adjacent to an activating group) is 1. The predicted octanol–water partition coefficient (Wildman–Crippen LogP) is 3.66. The van der Waals surface area contributed by atoms with Gasteiger partial charge in [0.05, 0.1) is 0 Å². The lowest BCUT2D eigenvalue weighted by Crippen LogP contribution is -2.43. The Bertz CT molecular complexity index is 595. The smallest absolute Gasteiger partial charge is 0.0234 e. The molecule has 1 heterocycles. The number of nitrogens with zero attached hydrogens (tertiary/aromatic N) is 2. The molecule has 2 aromatic carbocycles. The Labute approximate surface area is 134 Å². The molecule has 1 saturated heterocycles. The van der Waals surface area contributed by atoms with Crippen LogP contribution in [0.2, 0.25) is 0 Å². The van der Waals surface area contributed by atoms with Crippen molar-refractivity contribution in [2.45, 2.75) is 19.9 Å². The first kappa shape index (κ1) is 15.3. The molecule has 116 valence electrons. The van der Waals surface area contributed by atoms with Crippen LogP contribution in [0.3, 0.4) is 0 Å². The highest BCUT2D eigenvalue weighted by molar-refractivity contribution is 5.64. The minimum absolute atomic E-state index is 1.07. The summed E-state index contributed by atoms with van der Waals surface area (Å²) < 4.78 is 0. The van der Waals surface area contributed by atoms with Gasteiger partial charge in [0.25, 0.3) is 0 Å². The highest BCUT2D eigenvalue weighted by Gasteiger charge is 2.13. The number of hydrogen-bond donors (Lipinski definition) is 0. The third-order valence-corrected chi connectivity index (χ3v) is 4.62. The Hall–Kier alpha value is -1.64. The van der Waals surface area contributed by atoms with E-state index in [4.69, 9.17) is 0 Å². The molecule has 0 amide bonds. The summed E-state index contributed by atoms with van der Waals surface area (Å²) in [5.74, 6) is 0. The first-order valence-electron chi connectivity index (χ1n) is 8.34. The van der Waals surface area contributed by atoms with Crippen LogP contribution in [0.25, 0.3) is 11.1 Å². The lowest BCUT2D eigenvalue weighted by atomic mass is 10.0. The van der Waals surface area contributed by atoms with Crippen LogP contribution in [0.1, 0.15) is 18.1 Å². The third-order valence-electron chi connectivity index (χ3n) is 4.62. The molecule has 0 N–H and O–H groups in total. The van der Waals surface area contributed by atoms with Crippen molar-refractivity contribution >= 4 is 0 Å². The number of benzene rings is 2. The van der Waals surface area contributed by atoms with Crippen LogP contribution in [0.4, 0.5) is 0 Å². The summed E-state index contributed by atoms with van der Waals surface area (Å²) in [6.45, 7) is 8.00. The van der Waals surface area contributed by atoms with E-state index in [2.05, 4.69) is 72.3 Å². The lowest BCUT2D eigenvalue weighted by molar-refractivity contribution is 0.148. The fourth-order valence-corrected chi connectivity index (χ4v) is 3.04. The first-order chi connectivity index (χ1) is 10.7. The monoisotopic (exact) mass is 294 g/mol. The highest BCUT2D eigenvalue weighted by Crippen LogP contribution is 2.22. The van der Waals surface area contributed by atoms with Gasteiger partial charge in [0.15, 0.2) is 0 Å². The van der Waals surface area contributed by atoms with Gasteiger partial charge in [-0.3, -0.25) is 4.90 Å². The van der Waals surface area contributed by atoms with E-state index in [1.807, 2.05) is 0 Å². The summed E-state index contributed by atoms with van der Waals surface area (Å²) in [6, 6.07) is 18.0. The molecule has 22 heavy (non-hydrogen) atoms. The second kappa shape index (κ2) is 7.08. The van der Waals surface area contributed by atoms with E-state index in [0.717, 1.165) is 13.0 Å². The fraction of sp³-hybridized carbons (Fsp3) is 0.400. The van der Waals surface area contributed by atoms with E-state index in [-0.39, 0.29) is 0 Å². The topological polar surface area (TPSA) is 6.48 Å². The van der Waals surface area contributed by atoms with Crippen molar-refractivity contribution in [3.63, 3.8) is 0 Å². The Kier molecular flexibility index (Phi) is 4.91. The molecule has 1 fully saturated rings. The van der Waals surface area contributed by atoms with Crippen molar-refractivity contribution in [3.05, 3.63) is 59.7 Å². The Balaban J connectivity index is 1.67. The van der Waals surface area contributed by atoms with Crippen LogP contribution < -0.4 is 0 Å². The summed E-state index contributed by atoms with van der Waals surface area (Å²) in [6.07, 6.45) is 1.09. The largest absolute Gasteiger partial charge is 0.304 e. The fourth-order valence-electron chi connectivity index (χ4n) is 3.04. The van der Waals surface area contributed by atoms with Crippen molar-refractivity contribution in [1.82, 2.24) is 9.80 Å². The summed E-state index contributed by atoms with van der Waals surface area (Å²) in [4.78, 5) is 4.95. The zero-order valence-corrected chi connectivity index (χ0v) is 13.8. The van der Waals surface area contributed by atoms with Gasteiger partial charge in [-0.25, -0.2) is 0 Å². The van der Waals surface area contributed by atoms with Gasteiger partial charge in [0, 0.05) is 32.7 Å². The van der Waals surface area contributed by atoms with Crippen molar-refractivity contribution < 1.29 is 0 Å². The molecule has 0 aliphatic carbocycles. The van der Waals surface area contributed by atoms with Crippen LogP contribution in [0.5, 0.6) is 0 Å². The van der Waals surface area contributed by atoms with Crippen molar-refractivity contribution in [1.29, 1.82) is 0 Å². The maximum absolute atomic E-state index is 2.55. The zero-order chi connectivity index (χ0) is 15.4. The minimum atomic E-state index is 1.07. The summed E-state index contributed by atoms with van der Waals surface area (Å²) in [5, 5.41) is 0. The van der Waals surface area contributed by atoms with E-state index >= 15 is 0 Å². The van der Waals surface area contributed by atoms with E-state index in [1.165, 1.54) is 48.4 Å². The van der Waals surface area contributed by atoms with Crippen LogP contribution in [-0.2, 0) is 13.0 Å². The van der Waals surface area contributed by atoms with Crippen LogP contribution in [-0.4, -0.2) is 43.0 Å². The summed E-state index contributed by atoms with van der Waals surface area (Å²) in [7, 11) is 2.20. The van der Waals surface area contributed by atoms with E-state index in [9.17, 15) is 0 Å². The molecular formula is C20H26N2. The van der Waals surface area contributed by atoms with Gasteiger partial charge in [-0.05, 0) is 35.7 Å². The van der Waals surface area contributed by atoms with Crippen molar-refractivity contribution in [3.8, 4) is 11.1 Å². The van der Waals surface area contributed by atoms with E-state index in [1.54, 1.807) is 0 Å². The maximum Gasteiger partial charge on any atom is 0.0234 e. The summed E-state index contributed by atoms with van der Waals surface area (Å²) in [5.41, 5.74) is 5.46. The molecule has 0 unspecified atom stereocenters. The predicted molar refractivity (Wildman–Crippen MR) is 94.0 cm³/mol. The van der Waals surface area contributed by atoms with Crippen LogP contribution in [0.15, 0.2) is 48.5 Å². The molecule has 0 bridgehead atoms. The maximum atomic E-state index is 2.55. The van der Waals surface area contributed by atoms with E-state index < -0.39 is 0 Å². The number of aryl methyl sites for hydroxylation is 1. The van der Waals surface area contributed by atoms with Gasteiger partial charge in [-0.1, -0.05) is 55.5 Å². The molecule has 0 aromatic heterocycles. The molecule has 2 aromatic rings. The molecule has 0 spiro atoms. The zero-order valence-electron chi connectivity index (χ0n) is 13.8. The van der Waals surface area contributed by atoms with Gasteiger partial charge in [-0.2, -0.15) is 0 Å². The average molecular weight is 294 g/mol. The molecule has 1 aliphatic heterocycles. The molecular weight excluding hydrogens is 268 g/mol. The Morgan fingerprint density at radius 3 is 2.23 bits per heavy atom. The minimum Gasteiger partial charge on any atom is -0.304 e. The Morgan fingerprint density at radius 2 is 1.55 bits per heavy atom. The lowest BCUT2D eigenvalue weighted by Gasteiger charge is -2.32. The number of rotatable bonds is 4. The highest BCUT2D eigenvalue weighted by atomic mass is 15.2. The average Bonchev–Trinajstić information content (AvgIpc) is 2.58. The molecule has 3 rings (SSSR count). The van der Waals surface area contributed by atoms with Gasteiger partial charge in [-0.15, -0.1) is 0 Å².